The number of hydrogen-bond acceptors (Lipinski definition) is 7. The highest BCUT2D eigenvalue weighted by atomic mass is 127. The van der Waals surface area contributed by atoms with Crippen molar-refractivity contribution in [1.82, 2.24) is 30.8 Å². The van der Waals surface area contributed by atoms with Crippen molar-refractivity contribution in [2.75, 3.05) is 4.90 Å². The molecule has 1 unspecified atom stereocenters. The summed E-state index contributed by atoms with van der Waals surface area (Å²) < 4.78 is 8.36. The molecule has 0 aliphatic carbocycles. The molecule has 1 aromatic heterocycles. The summed E-state index contributed by atoms with van der Waals surface area (Å²) in [5, 5.41) is 19.6. The highest BCUT2D eigenvalue weighted by molar-refractivity contribution is 14.1. The fraction of sp³-hybridized carbons (Fsp3) is 0.245. The van der Waals surface area contributed by atoms with Gasteiger partial charge in [0.2, 0.25) is 11.8 Å². The quantitative estimate of drug-likeness (QED) is 0.0921. The van der Waals surface area contributed by atoms with E-state index in [0.717, 1.165) is 53.8 Å². The van der Waals surface area contributed by atoms with Crippen LogP contribution < -0.4 is 15.5 Å². The van der Waals surface area contributed by atoms with Crippen molar-refractivity contribution in [3.05, 3.63) is 189 Å². The topological polar surface area (TPSA) is 131 Å². The summed E-state index contributed by atoms with van der Waals surface area (Å²) in [4.78, 5) is 42.4. The maximum Gasteiger partial charge on any atom is 0.408 e. The second kappa shape index (κ2) is 18.8. The number of nitrogens with zero attached hydrogens (tertiary/aromatic N) is 5. The smallest absolute Gasteiger partial charge is 0.408 e. The molecule has 0 spiro atoms. The van der Waals surface area contributed by atoms with E-state index in [9.17, 15) is 14.4 Å². The first-order chi connectivity index (χ1) is 31.2. The van der Waals surface area contributed by atoms with Crippen LogP contribution in [0.5, 0.6) is 0 Å². The van der Waals surface area contributed by atoms with Crippen molar-refractivity contribution in [3.8, 4) is 22.5 Å². The number of rotatable bonds is 12. The molecule has 1 aliphatic heterocycles. The molecule has 6 aromatic carbocycles. The lowest BCUT2D eigenvalue weighted by atomic mass is 9.77. The minimum absolute atomic E-state index is 0.0398. The lowest BCUT2D eigenvalue weighted by Crippen LogP contribution is -2.52. The Hall–Kier alpha value is -6.67. The van der Waals surface area contributed by atoms with Crippen molar-refractivity contribution in [2.45, 2.75) is 83.1 Å². The molecule has 0 saturated heterocycles. The van der Waals surface area contributed by atoms with E-state index in [2.05, 4.69) is 105 Å². The molecule has 330 valence electrons. The number of alkyl carbamates (subject to hydrolysis) is 1. The Labute approximate surface area is 393 Å². The van der Waals surface area contributed by atoms with Crippen molar-refractivity contribution in [1.29, 1.82) is 0 Å². The molecule has 2 heterocycles. The largest absolute Gasteiger partial charge is 0.444 e. The van der Waals surface area contributed by atoms with Gasteiger partial charge in [-0.25, -0.2) is 9.48 Å². The van der Waals surface area contributed by atoms with E-state index >= 15 is 0 Å². The van der Waals surface area contributed by atoms with E-state index in [-0.39, 0.29) is 24.8 Å². The van der Waals surface area contributed by atoms with E-state index in [1.807, 2.05) is 95.7 Å². The Morgan fingerprint density at radius 3 is 1.89 bits per heavy atom. The third-order valence-electron chi connectivity index (χ3n) is 11.5. The number of ether oxygens (including phenoxy) is 1. The summed E-state index contributed by atoms with van der Waals surface area (Å²) in [6.07, 6.45) is 0.392. The number of aryl methyl sites for hydroxylation is 1. The number of fused-ring (bicyclic) bond motifs is 1. The monoisotopic (exact) mass is 977 g/mol. The highest BCUT2D eigenvalue weighted by Gasteiger charge is 2.42. The third kappa shape index (κ3) is 9.87. The van der Waals surface area contributed by atoms with Crippen LogP contribution >= 0.6 is 22.6 Å². The molecule has 1 aliphatic rings. The van der Waals surface area contributed by atoms with Crippen LogP contribution in [0.3, 0.4) is 0 Å². The molecule has 1 atom stereocenters. The first-order valence-electron chi connectivity index (χ1n) is 21.8. The Kier molecular flexibility index (Phi) is 13.0. The molecule has 0 bridgehead atoms. The lowest BCUT2D eigenvalue weighted by Gasteiger charge is -2.36. The van der Waals surface area contributed by atoms with E-state index in [1.165, 1.54) is 0 Å². The number of halogens is 1. The summed E-state index contributed by atoms with van der Waals surface area (Å²) in [5.41, 5.74) is 6.02. The maximum atomic E-state index is 14.5. The molecule has 2 N–H and O–H groups in total. The van der Waals surface area contributed by atoms with Gasteiger partial charge in [-0.3, -0.25) is 9.59 Å². The van der Waals surface area contributed by atoms with Gasteiger partial charge in [0, 0.05) is 26.8 Å². The number of carbonyl (C=O) groups excluding carboxylic acids is 3. The van der Waals surface area contributed by atoms with Gasteiger partial charge in [-0.2, -0.15) is 0 Å². The summed E-state index contributed by atoms with van der Waals surface area (Å²) in [6, 6.07) is 52.7. The number of aromatic nitrogens is 4. The zero-order valence-electron chi connectivity index (χ0n) is 37.2. The fourth-order valence-electron chi connectivity index (χ4n) is 8.69. The Morgan fingerprint density at radius 2 is 1.31 bits per heavy atom. The number of amides is 3. The average Bonchev–Trinajstić information content (AvgIpc) is 3.73. The van der Waals surface area contributed by atoms with Gasteiger partial charge in [-0.15, -0.1) is 5.10 Å². The summed E-state index contributed by atoms with van der Waals surface area (Å²) in [5.74, 6) is 0.0594. The second-order valence-electron chi connectivity index (χ2n) is 18.0. The molecule has 8 rings (SSSR count). The number of hydrogen-bond donors (Lipinski definition) is 2. The van der Waals surface area contributed by atoms with Crippen LogP contribution in [-0.4, -0.2) is 55.3 Å². The van der Waals surface area contributed by atoms with Crippen molar-refractivity contribution < 1.29 is 19.1 Å². The first kappa shape index (κ1) is 44.9. The molecule has 7 aromatic rings. The summed E-state index contributed by atoms with van der Waals surface area (Å²) in [6.45, 7) is 9.15. The van der Waals surface area contributed by atoms with Crippen LogP contribution in [0.25, 0.3) is 22.5 Å². The zero-order valence-corrected chi connectivity index (χ0v) is 39.3. The van der Waals surface area contributed by atoms with Crippen molar-refractivity contribution >= 4 is 46.2 Å². The minimum Gasteiger partial charge on any atom is -0.444 e. The normalized spacial score (nSPS) is 14.3. The molecule has 65 heavy (non-hydrogen) atoms. The molecule has 12 heteroatoms. The number of carbonyl (C=O) groups is 3. The van der Waals surface area contributed by atoms with Gasteiger partial charge < -0.3 is 20.3 Å². The molecule has 11 nitrogen and oxygen atoms in total. The van der Waals surface area contributed by atoms with E-state index in [4.69, 9.17) is 15.0 Å². The SMILES string of the molecule is CC(C)(CC(=O)NC1CCc2ccc(I)cc2N(Cc2ccc(-c3ccccc3-c3nnnn3C(c3ccccc3)(c3ccccc3)c3ccccc3)cc2)C1=O)NC(=O)OC(C)(C)C. The van der Waals surface area contributed by atoms with Gasteiger partial charge in [0.15, 0.2) is 5.82 Å². The molecular formula is C53H52IN7O4. The molecule has 0 fully saturated rings. The summed E-state index contributed by atoms with van der Waals surface area (Å²) in [7, 11) is 0. The van der Waals surface area contributed by atoms with Crippen molar-refractivity contribution in [3.63, 3.8) is 0 Å². The number of anilines is 1. The lowest BCUT2D eigenvalue weighted by molar-refractivity contribution is -0.128. The van der Waals surface area contributed by atoms with Gasteiger partial charge in [0.1, 0.15) is 17.2 Å². The highest BCUT2D eigenvalue weighted by Crippen LogP contribution is 2.43. The number of nitrogens with one attached hydrogen (secondary N) is 2. The van der Waals surface area contributed by atoms with Crippen LogP contribution in [0.1, 0.15) is 75.3 Å². The van der Waals surface area contributed by atoms with Crippen molar-refractivity contribution in [2.24, 2.45) is 0 Å². The van der Waals surface area contributed by atoms with Crippen LogP contribution in [0.2, 0.25) is 0 Å². The average molecular weight is 978 g/mol. The Balaban J connectivity index is 1.10. The van der Waals surface area contributed by atoms with E-state index < -0.39 is 28.8 Å². The van der Waals surface area contributed by atoms with Gasteiger partial charge >= 0.3 is 6.09 Å². The van der Waals surface area contributed by atoms with Gasteiger partial charge in [0.25, 0.3) is 0 Å². The van der Waals surface area contributed by atoms with Gasteiger partial charge in [0.05, 0.1) is 6.54 Å². The van der Waals surface area contributed by atoms with Gasteiger partial charge in [-0.1, -0.05) is 146 Å². The predicted octanol–water partition coefficient (Wildman–Crippen LogP) is 10.1. The molecule has 0 radical (unpaired) electrons. The standard InChI is InChI=1S/C53H52IN7O4/c1-51(2,3)65-50(64)56-52(4,5)34-47(62)55-45-32-30-38-29-31-42(54)33-46(38)60(49(45)63)35-36-25-27-37(28-26-36)43-23-15-16-24-44(43)48-57-58-59-61(48)53(39-17-9-6-10-18-39,40-19-11-7-12-20-40)41-21-13-8-14-22-41/h6-29,31,33,45H,30,32,34-35H2,1-5H3,(H,55,62)(H,56,64). The van der Waals surface area contributed by atoms with Gasteiger partial charge in [-0.05, 0) is 132 Å². The second-order valence-corrected chi connectivity index (χ2v) is 19.3. The van der Waals surface area contributed by atoms with Crippen LogP contribution in [0.4, 0.5) is 10.5 Å². The first-order valence-corrected chi connectivity index (χ1v) is 22.8. The van der Waals surface area contributed by atoms with E-state index in [1.54, 1.807) is 39.5 Å². The maximum absolute atomic E-state index is 14.5. The summed E-state index contributed by atoms with van der Waals surface area (Å²) >= 11 is 2.27. The molecule has 0 saturated carbocycles. The van der Waals surface area contributed by atoms with E-state index in [0.29, 0.717) is 18.7 Å². The number of tetrazole rings is 1. The number of benzene rings is 6. The molecule has 3 amide bonds. The zero-order chi connectivity index (χ0) is 45.8. The minimum atomic E-state index is -0.919. The van der Waals surface area contributed by atoms with Crippen LogP contribution in [0.15, 0.2) is 158 Å². The fourth-order valence-corrected chi connectivity index (χ4v) is 9.16. The van der Waals surface area contributed by atoms with Crippen LogP contribution in [0, 0.1) is 3.57 Å². The Bertz CT molecular complexity index is 2690. The van der Waals surface area contributed by atoms with Crippen LogP contribution in [-0.2, 0) is 32.8 Å². The predicted molar refractivity (Wildman–Crippen MR) is 262 cm³/mol. The molecular weight excluding hydrogens is 926 g/mol. The Morgan fingerprint density at radius 1 is 0.738 bits per heavy atom. The third-order valence-corrected chi connectivity index (χ3v) is 12.2.